The van der Waals surface area contributed by atoms with E-state index < -0.39 is 0 Å². The monoisotopic (exact) mass is 241 g/mol. The van der Waals surface area contributed by atoms with Crippen LogP contribution >= 0.6 is 15.9 Å². The first-order valence-corrected chi connectivity index (χ1v) is 5.29. The lowest BCUT2D eigenvalue weighted by atomic mass is 10.2. The smallest absolute Gasteiger partial charge is 0.223 e. The highest BCUT2D eigenvalue weighted by Gasteiger charge is 2.41. The Balaban J connectivity index is 2.06. The van der Waals surface area contributed by atoms with E-state index in [-0.39, 0.29) is 0 Å². The van der Waals surface area contributed by atoms with Gasteiger partial charge in [0.25, 0.3) is 0 Å². The van der Waals surface area contributed by atoms with Crippen molar-refractivity contribution in [1.29, 1.82) is 0 Å². The second kappa shape index (κ2) is 3.25. The van der Waals surface area contributed by atoms with Crippen molar-refractivity contribution in [2.45, 2.75) is 31.7 Å². The van der Waals surface area contributed by atoms with Gasteiger partial charge in [-0.2, -0.15) is 0 Å². The number of rotatable bonds is 3. The highest BCUT2D eigenvalue weighted by Crippen LogP contribution is 2.40. The molecule has 0 unspecified atom stereocenters. The van der Waals surface area contributed by atoms with Crippen molar-refractivity contribution >= 4 is 21.9 Å². The van der Waals surface area contributed by atoms with Crippen molar-refractivity contribution < 1.29 is 0 Å². The molecule has 0 amide bonds. The van der Waals surface area contributed by atoms with Crippen molar-refractivity contribution in [1.82, 2.24) is 9.97 Å². The first-order valence-electron chi connectivity index (χ1n) is 4.50. The second-order valence-corrected chi connectivity index (χ2v) is 4.40. The van der Waals surface area contributed by atoms with Gasteiger partial charge in [-0.1, -0.05) is 6.92 Å². The Bertz CT molecular complexity index is 292. The van der Waals surface area contributed by atoms with E-state index in [4.69, 9.17) is 0 Å². The normalized spacial score (nSPS) is 18.3. The molecule has 1 heterocycles. The van der Waals surface area contributed by atoms with Crippen LogP contribution in [0.15, 0.2) is 16.9 Å². The molecular formula is C9H12BrN3. The number of anilines is 1. The van der Waals surface area contributed by atoms with Gasteiger partial charge in [0.1, 0.15) is 0 Å². The summed E-state index contributed by atoms with van der Waals surface area (Å²) in [6, 6.07) is 0. The molecule has 0 spiro atoms. The summed E-state index contributed by atoms with van der Waals surface area (Å²) < 4.78 is 0.916. The zero-order chi connectivity index (χ0) is 9.31. The summed E-state index contributed by atoms with van der Waals surface area (Å²) in [5.74, 6) is 0.738. The average molecular weight is 242 g/mol. The molecule has 4 heteroatoms. The summed E-state index contributed by atoms with van der Waals surface area (Å²) >= 11 is 3.30. The SMILES string of the molecule is CCC1(Nc2ncc(Br)cn2)CC1. The lowest BCUT2D eigenvalue weighted by molar-refractivity contribution is 0.692. The van der Waals surface area contributed by atoms with E-state index in [0.717, 1.165) is 16.8 Å². The molecule has 0 radical (unpaired) electrons. The third kappa shape index (κ3) is 1.99. The minimum Gasteiger partial charge on any atom is -0.349 e. The quantitative estimate of drug-likeness (QED) is 0.885. The Hall–Kier alpha value is -0.640. The fourth-order valence-electron chi connectivity index (χ4n) is 1.33. The molecule has 1 saturated carbocycles. The van der Waals surface area contributed by atoms with Crippen molar-refractivity contribution in [3.05, 3.63) is 16.9 Å². The van der Waals surface area contributed by atoms with Gasteiger partial charge >= 0.3 is 0 Å². The summed E-state index contributed by atoms with van der Waals surface area (Å²) in [6.45, 7) is 2.19. The third-order valence-electron chi connectivity index (χ3n) is 2.53. The van der Waals surface area contributed by atoms with Gasteiger partial charge in [-0.3, -0.25) is 0 Å². The van der Waals surface area contributed by atoms with Crippen LogP contribution in [0, 0.1) is 0 Å². The third-order valence-corrected chi connectivity index (χ3v) is 2.94. The van der Waals surface area contributed by atoms with Gasteiger partial charge in [-0.05, 0) is 35.2 Å². The van der Waals surface area contributed by atoms with E-state index in [9.17, 15) is 0 Å². The first kappa shape index (κ1) is 8.94. The van der Waals surface area contributed by atoms with Crippen LogP contribution in [0.1, 0.15) is 26.2 Å². The van der Waals surface area contributed by atoms with E-state index in [1.54, 1.807) is 12.4 Å². The summed E-state index contributed by atoms with van der Waals surface area (Å²) in [6.07, 6.45) is 7.15. The van der Waals surface area contributed by atoms with E-state index in [2.05, 4.69) is 38.1 Å². The van der Waals surface area contributed by atoms with Gasteiger partial charge in [0.2, 0.25) is 5.95 Å². The molecule has 1 fully saturated rings. The highest BCUT2D eigenvalue weighted by molar-refractivity contribution is 9.10. The van der Waals surface area contributed by atoms with Gasteiger partial charge in [0.15, 0.2) is 0 Å². The first-order chi connectivity index (χ1) is 6.24. The van der Waals surface area contributed by atoms with E-state index in [1.165, 1.54) is 12.8 Å². The Labute approximate surface area is 86.1 Å². The fourth-order valence-corrected chi connectivity index (χ4v) is 1.54. The van der Waals surface area contributed by atoms with Gasteiger partial charge in [-0.15, -0.1) is 0 Å². The van der Waals surface area contributed by atoms with Crippen LogP contribution < -0.4 is 5.32 Å². The molecule has 0 bridgehead atoms. The van der Waals surface area contributed by atoms with Gasteiger partial charge in [-0.25, -0.2) is 9.97 Å². The topological polar surface area (TPSA) is 37.8 Å². The predicted octanol–water partition coefficient (Wildman–Crippen LogP) is 2.59. The number of aromatic nitrogens is 2. The average Bonchev–Trinajstić information content (AvgIpc) is 2.90. The zero-order valence-electron chi connectivity index (χ0n) is 7.55. The molecular weight excluding hydrogens is 230 g/mol. The molecule has 1 aliphatic carbocycles. The molecule has 0 atom stereocenters. The van der Waals surface area contributed by atoms with Crippen LogP contribution in [0.3, 0.4) is 0 Å². The van der Waals surface area contributed by atoms with Crippen molar-refractivity contribution in [2.24, 2.45) is 0 Å². The van der Waals surface area contributed by atoms with Gasteiger partial charge in [0, 0.05) is 17.9 Å². The minimum absolute atomic E-state index is 0.299. The summed E-state index contributed by atoms with van der Waals surface area (Å²) in [5, 5.41) is 3.36. The summed E-state index contributed by atoms with van der Waals surface area (Å²) in [4.78, 5) is 8.36. The van der Waals surface area contributed by atoms with Crippen LogP contribution in [0.4, 0.5) is 5.95 Å². The molecule has 1 aliphatic rings. The minimum atomic E-state index is 0.299. The van der Waals surface area contributed by atoms with Crippen LogP contribution in [-0.4, -0.2) is 15.5 Å². The van der Waals surface area contributed by atoms with Crippen LogP contribution in [-0.2, 0) is 0 Å². The largest absolute Gasteiger partial charge is 0.349 e. The van der Waals surface area contributed by atoms with Crippen LogP contribution in [0.25, 0.3) is 0 Å². The van der Waals surface area contributed by atoms with Crippen molar-refractivity contribution in [3.63, 3.8) is 0 Å². The fraction of sp³-hybridized carbons (Fsp3) is 0.556. The van der Waals surface area contributed by atoms with Crippen molar-refractivity contribution in [2.75, 3.05) is 5.32 Å². The molecule has 0 aromatic carbocycles. The molecule has 70 valence electrons. The molecule has 1 aromatic rings. The molecule has 1 N–H and O–H groups in total. The summed E-state index contributed by atoms with van der Waals surface area (Å²) in [5.41, 5.74) is 0.299. The van der Waals surface area contributed by atoms with Gasteiger partial charge in [0.05, 0.1) is 4.47 Å². The lowest BCUT2D eigenvalue weighted by Gasteiger charge is -2.14. The summed E-state index contributed by atoms with van der Waals surface area (Å²) in [7, 11) is 0. The van der Waals surface area contributed by atoms with E-state index >= 15 is 0 Å². The van der Waals surface area contributed by atoms with Crippen molar-refractivity contribution in [3.8, 4) is 0 Å². The Morgan fingerprint density at radius 1 is 1.46 bits per heavy atom. The number of nitrogens with one attached hydrogen (secondary N) is 1. The molecule has 0 saturated heterocycles. The number of halogens is 1. The van der Waals surface area contributed by atoms with Crippen LogP contribution in [0.2, 0.25) is 0 Å². The van der Waals surface area contributed by atoms with E-state index in [0.29, 0.717) is 5.54 Å². The second-order valence-electron chi connectivity index (χ2n) is 3.48. The number of nitrogens with zero attached hydrogens (tertiary/aromatic N) is 2. The zero-order valence-corrected chi connectivity index (χ0v) is 9.13. The lowest BCUT2D eigenvalue weighted by Crippen LogP contribution is -2.21. The maximum Gasteiger partial charge on any atom is 0.223 e. The van der Waals surface area contributed by atoms with E-state index in [1.807, 2.05) is 0 Å². The number of hydrogen-bond acceptors (Lipinski definition) is 3. The van der Waals surface area contributed by atoms with Crippen LogP contribution in [0.5, 0.6) is 0 Å². The maximum absolute atomic E-state index is 4.18. The Morgan fingerprint density at radius 3 is 2.54 bits per heavy atom. The Morgan fingerprint density at radius 2 is 2.08 bits per heavy atom. The predicted molar refractivity (Wildman–Crippen MR) is 55.6 cm³/mol. The molecule has 3 nitrogen and oxygen atoms in total. The molecule has 1 aromatic heterocycles. The maximum atomic E-state index is 4.18. The molecule has 13 heavy (non-hydrogen) atoms. The molecule has 0 aliphatic heterocycles. The standard InChI is InChI=1S/C9H12BrN3/c1-2-9(3-4-9)13-8-11-5-7(10)6-12-8/h5-6H,2-4H2,1H3,(H,11,12,13). The Kier molecular flexibility index (Phi) is 2.24. The highest BCUT2D eigenvalue weighted by atomic mass is 79.9. The number of hydrogen-bond donors (Lipinski definition) is 1. The van der Waals surface area contributed by atoms with Gasteiger partial charge < -0.3 is 5.32 Å². The molecule has 2 rings (SSSR count).